The predicted molar refractivity (Wildman–Crippen MR) is 80.2 cm³/mol. The van der Waals surface area contributed by atoms with E-state index >= 15 is 0 Å². The van der Waals surface area contributed by atoms with Gasteiger partial charge in [0.2, 0.25) is 11.7 Å². The first-order valence-electron chi connectivity index (χ1n) is 7.38. The van der Waals surface area contributed by atoms with E-state index in [9.17, 15) is 22.8 Å². The minimum absolute atomic E-state index is 0.0677. The van der Waals surface area contributed by atoms with Crippen molar-refractivity contribution in [1.82, 2.24) is 19.7 Å². The van der Waals surface area contributed by atoms with Crippen LogP contribution in [0.15, 0.2) is 4.79 Å². The van der Waals surface area contributed by atoms with Gasteiger partial charge in [0.15, 0.2) is 0 Å². The van der Waals surface area contributed by atoms with Crippen LogP contribution in [0.3, 0.4) is 0 Å². The van der Waals surface area contributed by atoms with Gasteiger partial charge in [-0.1, -0.05) is 12.8 Å². The average Bonchev–Trinajstić information content (AvgIpc) is 3.07. The molecule has 6 nitrogen and oxygen atoms in total. The van der Waals surface area contributed by atoms with Crippen molar-refractivity contribution < 1.29 is 18.0 Å². The van der Waals surface area contributed by atoms with Crippen LogP contribution >= 0.6 is 11.8 Å². The third kappa shape index (κ3) is 4.76. The van der Waals surface area contributed by atoms with Gasteiger partial charge in [-0.25, -0.2) is 9.48 Å². The van der Waals surface area contributed by atoms with Gasteiger partial charge >= 0.3 is 11.9 Å². The maximum absolute atomic E-state index is 12.6. The number of hydrogen-bond acceptors (Lipinski definition) is 4. The van der Waals surface area contributed by atoms with Crippen LogP contribution in [-0.4, -0.2) is 37.8 Å². The monoisotopic (exact) mass is 352 g/mol. The third-order valence-corrected chi connectivity index (χ3v) is 5.06. The molecule has 1 N–H and O–H groups in total. The molecule has 0 bridgehead atoms. The van der Waals surface area contributed by atoms with Gasteiger partial charge in [-0.2, -0.15) is 13.2 Å². The summed E-state index contributed by atoms with van der Waals surface area (Å²) in [6, 6.07) is 0. The van der Waals surface area contributed by atoms with Crippen molar-refractivity contribution >= 4 is 17.7 Å². The molecule has 1 aromatic heterocycles. The van der Waals surface area contributed by atoms with Gasteiger partial charge in [0, 0.05) is 18.8 Å². The van der Waals surface area contributed by atoms with Crippen molar-refractivity contribution in [2.45, 2.75) is 43.7 Å². The largest absolute Gasteiger partial charge is 0.451 e. The summed E-state index contributed by atoms with van der Waals surface area (Å²) in [5, 5.41) is 6.39. The van der Waals surface area contributed by atoms with Crippen molar-refractivity contribution in [2.75, 3.05) is 12.3 Å². The topological polar surface area (TPSA) is 68.9 Å². The van der Waals surface area contributed by atoms with Crippen LogP contribution < -0.4 is 11.0 Å². The normalized spacial score (nSPS) is 16.0. The molecular weight excluding hydrogens is 333 g/mol. The van der Waals surface area contributed by atoms with E-state index in [-0.39, 0.29) is 19.0 Å². The number of thioether (sulfide) groups is 1. The zero-order valence-corrected chi connectivity index (χ0v) is 13.5. The molecule has 130 valence electrons. The lowest BCUT2D eigenvalue weighted by Crippen LogP contribution is -2.32. The molecule has 0 radical (unpaired) electrons. The molecule has 0 aromatic carbocycles. The SMILES string of the molecule is Cn1c(C(F)(F)F)nn(CCNC(=O)CSC2CCCC2)c1=O. The summed E-state index contributed by atoms with van der Waals surface area (Å²) in [7, 11) is 1.02. The van der Waals surface area contributed by atoms with Crippen LogP contribution in [-0.2, 0) is 24.6 Å². The summed E-state index contributed by atoms with van der Waals surface area (Å²) in [6.45, 7) is -0.0269. The van der Waals surface area contributed by atoms with Gasteiger partial charge in [-0.15, -0.1) is 16.9 Å². The molecule has 10 heteroatoms. The van der Waals surface area contributed by atoms with E-state index in [1.165, 1.54) is 12.8 Å². The summed E-state index contributed by atoms with van der Waals surface area (Å²) in [4.78, 5) is 23.3. The van der Waals surface area contributed by atoms with E-state index in [0.717, 1.165) is 19.9 Å². The first-order chi connectivity index (χ1) is 10.8. The van der Waals surface area contributed by atoms with E-state index in [1.54, 1.807) is 11.8 Å². The minimum atomic E-state index is -4.68. The minimum Gasteiger partial charge on any atom is -0.354 e. The predicted octanol–water partition coefficient (Wildman–Crippen LogP) is 1.39. The fraction of sp³-hybridized carbons (Fsp3) is 0.769. The Morgan fingerprint density at radius 3 is 2.61 bits per heavy atom. The molecule has 2 rings (SSSR count). The van der Waals surface area contributed by atoms with Gasteiger partial charge in [0.25, 0.3) is 0 Å². The Labute approximate surface area is 135 Å². The van der Waals surface area contributed by atoms with Gasteiger partial charge in [0.05, 0.1) is 12.3 Å². The van der Waals surface area contributed by atoms with Gasteiger partial charge in [0.1, 0.15) is 0 Å². The van der Waals surface area contributed by atoms with Crippen molar-refractivity contribution in [3.05, 3.63) is 16.3 Å². The fourth-order valence-corrected chi connectivity index (χ4v) is 3.64. The van der Waals surface area contributed by atoms with Gasteiger partial charge in [-0.05, 0) is 12.8 Å². The first-order valence-corrected chi connectivity index (χ1v) is 8.43. The number of hydrogen-bond donors (Lipinski definition) is 1. The molecule has 1 saturated carbocycles. The van der Waals surface area contributed by atoms with Crippen molar-refractivity contribution in [3.63, 3.8) is 0 Å². The highest BCUT2D eigenvalue weighted by Crippen LogP contribution is 2.29. The molecular formula is C13H19F3N4O2S. The van der Waals surface area contributed by atoms with Crippen LogP contribution in [0.4, 0.5) is 13.2 Å². The molecule has 0 atom stereocenters. The van der Waals surface area contributed by atoms with E-state index in [1.807, 2.05) is 0 Å². The zero-order valence-electron chi connectivity index (χ0n) is 12.7. The highest BCUT2D eigenvalue weighted by Gasteiger charge is 2.37. The van der Waals surface area contributed by atoms with Gasteiger partial charge < -0.3 is 5.32 Å². The van der Waals surface area contributed by atoms with Crippen LogP contribution in [0, 0.1) is 0 Å². The van der Waals surface area contributed by atoms with E-state index < -0.39 is 17.7 Å². The maximum Gasteiger partial charge on any atom is 0.451 e. The fourth-order valence-electron chi connectivity index (χ4n) is 2.48. The average molecular weight is 352 g/mol. The molecule has 1 aromatic rings. The standard InChI is InChI=1S/C13H19F3N4O2S/c1-19-11(13(14,15)16)18-20(12(19)22)7-6-17-10(21)8-23-9-4-2-3-5-9/h9H,2-8H2,1H3,(H,17,21). The Hall–Kier alpha value is -1.45. The molecule has 1 amide bonds. The molecule has 0 saturated heterocycles. The van der Waals surface area contributed by atoms with E-state index in [4.69, 9.17) is 0 Å². The van der Waals surface area contributed by atoms with Crippen LogP contribution in [0.1, 0.15) is 31.5 Å². The molecule has 1 heterocycles. The van der Waals surface area contributed by atoms with E-state index in [0.29, 0.717) is 20.3 Å². The maximum atomic E-state index is 12.6. The van der Waals surface area contributed by atoms with Crippen molar-refractivity contribution in [1.29, 1.82) is 0 Å². The number of carbonyl (C=O) groups is 1. The lowest BCUT2D eigenvalue weighted by atomic mass is 10.4. The number of nitrogens with one attached hydrogen (secondary N) is 1. The summed E-state index contributed by atoms with van der Waals surface area (Å²) in [6.07, 6.45) is -0.0316. The number of amides is 1. The first kappa shape index (κ1) is 17.9. The van der Waals surface area contributed by atoms with Gasteiger partial charge in [-0.3, -0.25) is 9.36 Å². The van der Waals surface area contributed by atoms with Crippen LogP contribution in [0.5, 0.6) is 0 Å². The summed E-state index contributed by atoms with van der Waals surface area (Å²) in [5.74, 6) is -1.09. The third-order valence-electron chi connectivity index (χ3n) is 3.69. The molecule has 23 heavy (non-hydrogen) atoms. The second kappa shape index (κ2) is 7.41. The van der Waals surface area contributed by atoms with Crippen molar-refractivity contribution in [3.8, 4) is 0 Å². The highest BCUT2D eigenvalue weighted by molar-refractivity contribution is 8.00. The summed E-state index contributed by atoms with van der Waals surface area (Å²) in [5.41, 5.74) is -0.855. The Morgan fingerprint density at radius 2 is 2.04 bits per heavy atom. The Bertz CT molecular complexity index is 605. The van der Waals surface area contributed by atoms with Crippen LogP contribution in [0.25, 0.3) is 0 Å². The quantitative estimate of drug-likeness (QED) is 0.840. The second-order valence-electron chi connectivity index (χ2n) is 5.45. The Morgan fingerprint density at radius 1 is 1.39 bits per heavy atom. The molecule has 0 spiro atoms. The number of halogens is 3. The number of rotatable bonds is 6. The number of carbonyl (C=O) groups excluding carboxylic acids is 1. The second-order valence-corrected chi connectivity index (χ2v) is 6.74. The Kier molecular flexibility index (Phi) is 5.77. The molecule has 0 aliphatic heterocycles. The number of aromatic nitrogens is 3. The molecule has 1 fully saturated rings. The lowest BCUT2D eigenvalue weighted by Gasteiger charge is -2.08. The smallest absolute Gasteiger partial charge is 0.354 e. The molecule has 1 aliphatic rings. The highest BCUT2D eigenvalue weighted by atomic mass is 32.2. The van der Waals surface area contributed by atoms with Crippen LogP contribution in [0.2, 0.25) is 0 Å². The van der Waals surface area contributed by atoms with Crippen molar-refractivity contribution in [2.24, 2.45) is 7.05 Å². The summed E-state index contributed by atoms with van der Waals surface area (Å²) < 4.78 is 39.1. The number of nitrogens with zero attached hydrogens (tertiary/aromatic N) is 3. The molecule has 0 unspecified atom stereocenters. The zero-order chi connectivity index (χ0) is 17.0. The molecule has 1 aliphatic carbocycles. The van der Waals surface area contributed by atoms with E-state index in [2.05, 4.69) is 10.4 Å². The lowest BCUT2D eigenvalue weighted by molar-refractivity contribution is -0.147. The summed E-state index contributed by atoms with van der Waals surface area (Å²) >= 11 is 1.60. The number of alkyl halides is 3. The Balaban J connectivity index is 1.79.